The molecule has 3 nitrogen and oxygen atoms in total. The van der Waals surface area contributed by atoms with Crippen LogP contribution >= 0.6 is 0 Å². The average molecular weight is 425 g/mol. The molecule has 0 radical (unpaired) electrons. The molecule has 2 heterocycles. The molecule has 3 atom stereocenters. The topological polar surface area (TPSA) is 29.5 Å². The summed E-state index contributed by atoms with van der Waals surface area (Å²) in [6, 6.07) is 6.65. The van der Waals surface area contributed by atoms with E-state index < -0.39 is 53.9 Å². The number of likely N-dealkylation sites (tertiary alicyclic amines) is 1. The van der Waals surface area contributed by atoms with Crippen molar-refractivity contribution >= 4 is 5.91 Å². The molecule has 2 aromatic carbocycles. The summed E-state index contributed by atoms with van der Waals surface area (Å²) in [7, 11) is 0. The van der Waals surface area contributed by atoms with Gasteiger partial charge in [-0.3, -0.25) is 4.79 Å². The quantitative estimate of drug-likeness (QED) is 0.671. The fourth-order valence-corrected chi connectivity index (χ4v) is 4.07. The Hall–Kier alpha value is -2.48. The Morgan fingerprint density at radius 2 is 1.73 bits per heavy atom. The van der Waals surface area contributed by atoms with Crippen molar-refractivity contribution in [1.29, 1.82) is 0 Å². The van der Waals surface area contributed by atoms with Crippen molar-refractivity contribution in [3.63, 3.8) is 0 Å². The molecular weight excluding hydrogens is 405 g/mol. The highest BCUT2D eigenvalue weighted by molar-refractivity contribution is 5.82. The summed E-state index contributed by atoms with van der Waals surface area (Å²) in [5.74, 6) is -7.96. The number of benzene rings is 2. The van der Waals surface area contributed by atoms with E-state index in [4.69, 9.17) is 4.74 Å². The van der Waals surface area contributed by atoms with Gasteiger partial charge in [0.2, 0.25) is 0 Å². The van der Waals surface area contributed by atoms with Crippen LogP contribution < -0.4 is 0 Å². The molecule has 160 valence electrons. The van der Waals surface area contributed by atoms with Gasteiger partial charge in [0.1, 0.15) is 11.9 Å². The van der Waals surface area contributed by atoms with Crippen molar-refractivity contribution < 1.29 is 31.5 Å². The number of carbonyl (C=O) groups is 1. The maximum absolute atomic E-state index is 15.2. The summed E-state index contributed by atoms with van der Waals surface area (Å²) in [4.78, 5) is 13.7. The van der Waals surface area contributed by atoms with E-state index in [0.717, 1.165) is 11.0 Å². The second kappa shape index (κ2) is 7.65. The lowest BCUT2D eigenvalue weighted by Crippen LogP contribution is -2.49. The molecule has 8 heteroatoms. The Kier molecular flexibility index (Phi) is 5.30. The highest BCUT2D eigenvalue weighted by Gasteiger charge is 2.54. The molecule has 0 aromatic heterocycles. The molecule has 0 spiro atoms. The summed E-state index contributed by atoms with van der Waals surface area (Å²) in [6.45, 7) is 0.974. The van der Waals surface area contributed by atoms with E-state index in [1.807, 2.05) is 0 Å². The number of ether oxygens (including phenoxy) is 1. The van der Waals surface area contributed by atoms with Gasteiger partial charge >= 0.3 is 0 Å². The third kappa shape index (κ3) is 3.47. The van der Waals surface area contributed by atoms with Crippen molar-refractivity contribution in [2.24, 2.45) is 5.92 Å². The number of alkyl halides is 2. The highest BCUT2D eigenvalue weighted by atomic mass is 19.3. The van der Waals surface area contributed by atoms with E-state index >= 15 is 4.39 Å². The van der Waals surface area contributed by atoms with Crippen LogP contribution in [0.5, 0.6) is 0 Å². The molecule has 0 N–H and O–H groups in total. The van der Waals surface area contributed by atoms with E-state index in [-0.39, 0.29) is 23.1 Å². The van der Waals surface area contributed by atoms with E-state index in [2.05, 4.69) is 0 Å². The van der Waals surface area contributed by atoms with Crippen LogP contribution in [-0.2, 0) is 16.0 Å². The minimum absolute atomic E-state index is 0.0537. The van der Waals surface area contributed by atoms with E-state index in [9.17, 15) is 22.4 Å². The van der Waals surface area contributed by atoms with Crippen LogP contribution in [0.1, 0.15) is 18.9 Å². The summed E-state index contributed by atoms with van der Waals surface area (Å²) in [5.41, 5.74) is -0.366. The first kappa shape index (κ1) is 20.8. The minimum atomic E-state index is -3.12. The van der Waals surface area contributed by atoms with Crippen LogP contribution in [0.15, 0.2) is 36.4 Å². The first-order valence-corrected chi connectivity index (χ1v) is 9.72. The molecule has 2 aliphatic heterocycles. The molecular formula is C22H20F5NO2. The zero-order valence-electron chi connectivity index (χ0n) is 16.2. The van der Waals surface area contributed by atoms with Gasteiger partial charge in [0, 0.05) is 29.5 Å². The van der Waals surface area contributed by atoms with Crippen molar-refractivity contribution in [1.82, 2.24) is 4.90 Å². The van der Waals surface area contributed by atoms with Crippen LogP contribution in [0.4, 0.5) is 22.0 Å². The van der Waals surface area contributed by atoms with Crippen LogP contribution in [0.2, 0.25) is 0 Å². The van der Waals surface area contributed by atoms with Crippen LogP contribution in [0.25, 0.3) is 11.1 Å². The smallest absolute Gasteiger partial charge is 0.269 e. The highest BCUT2D eigenvalue weighted by Crippen LogP contribution is 2.41. The molecule has 4 rings (SSSR count). The molecule has 1 amide bonds. The minimum Gasteiger partial charge on any atom is -0.368 e. The third-order valence-electron chi connectivity index (χ3n) is 6.03. The Labute approximate surface area is 170 Å². The molecule has 0 aliphatic carbocycles. The number of carbonyl (C=O) groups excluding carboxylic acids is 1. The fraction of sp³-hybridized carbons (Fsp3) is 0.409. The van der Waals surface area contributed by atoms with Crippen molar-refractivity contribution in [3.8, 4) is 11.1 Å². The number of nitrogens with zero attached hydrogens (tertiary/aromatic N) is 1. The summed E-state index contributed by atoms with van der Waals surface area (Å²) in [6.07, 6.45) is -0.456. The Morgan fingerprint density at radius 1 is 1.10 bits per heavy atom. The van der Waals surface area contributed by atoms with Gasteiger partial charge in [-0.05, 0) is 18.1 Å². The molecule has 30 heavy (non-hydrogen) atoms. The van der Waals surface area contributed by atoms with Crippen LogP contribution in [0, 0.1) is 23.4 Å². The van der Waals surface area contributed by atoms with Gasteiger partial charge in [0.15, 0.2) is 11.6 Å². The van der Waals surface area contributed by atoms with Gasteiger partial charge in [-0.15, -0.1) is 0 Å². The van der Waals surface area contributed by atoms with Gasteiger partial charge < -0.3 is 9.64 Å². The maximum atomic E-state index is 15.2. The lowest BCUT2D eigenvalue weighted by Gasteiger charge is -2.33. The first-order chi connectivity index (χ1) is 14.2. The second-order valence-electron chi connectivity index (χ2n) is 7.82. The van der Waals surface area contributed by atoms with Crippen LogP contribution in [-0.4, -0.2) is 42.0 Å². The molecule has 2 aromatic rings. The SMILES string of the molecule is C[C@@H]1[C@H](Cc2cccc(-c3cccc(F)c3F)c2F)N(C(=O)[C@@H]2CCO2)CC1(F)F. The summed E-state index contributed by atoms with van der Waals surface area (Å²) in [5, 5.41) is 0. The van der Waals surface area contributed by atoms with Crippen molar-refractivity contribution in [2.45, 2.75) is 37.8 Å². The van der Waals surface area contributed by atoms with Crippen LogP contribution in [0.3, 0.4) is 0 Å². The first-order valence-electron chi connectivity index (χ1n) is 9.72. The lowest BCUT2D eigenvalue weighted by molar-refractivity contribution is -0.158. The molecule has 0 unspecified atom stereocenters. The van der Waals surface area contributed by atoms with Gasteiger partial charge in [0.05, 0.1) is 13.2 Å². The third-order valence-corrected chi connectivity index (χ3v) is 6.03. The molecule has 2 saturated heterocycles. The molecule has 2 aliphatic rings. The maximum Gasteiger partial charge on any atom is 0.269 e. The Balaban J connectivity index is 1.67. The number of rotatable bonds is 4. The molecule has 2 fully saturated rings. The fourth-order valence-electron chi connectivity index (χ4n) is 4.07. The second-order valence-corrected chi connectivity index (χ2v) is 7.82. The predicted molar refractivity (Wildman–Crippen MR) is 99.4 cm³/mol. The molecule has 0 bridgehead atoms. The zero-order valence-corrected chi connectivity index (χ0v) is 16.2. The predicted octanol–water partition coefficient (Wildman–Crippen LogP) is 4.58. The summed E-state index contributed by atoms with van der Waals surface area (Å²) >= 11 is 0. The largest absolute Gasteiger partial charge is 0.368 e. The van der Waals surface area contributed by atoms with E-state index in [1.54, 1.807) is 0 Å². The lowest BCUT2D eigenvalue weighted by atomic mass is 9.91. The van der Waals surface area contributed by atoms with Gasteiger partial charge in [-0.25, -0.2) is 22.0 Å². The van der Waals surface area contributed by atoms with Gasteiger partial charge in [0.25, 0.3) is 11.8 Å². The van der Waals surface area contributed by atoms with Gasteiger partial charge in [-0.1, -0.05) is 37.3 Å². The Bertz CT molecular complexity index is 976. The number of halogens is 5. The number of hydrogen-bond donors (Lipinski definition) is 0. The van der Waals surface area contributed by atoms with Crippen molar-refractivity contribution in [3.05, 3.63) is 59.4 Å². The normalized spacial score (nSPS) is 25.3. The number of amides is 1. The van der Waals surface area contributed by atoms with E-state index in [0.29, 0.717) is 13.0 Å². The van der Waals surface area contributed by atoms with E-state index in [1.165, 1.54) is 37.3 Å². The molecule has 0 saturated carbocycles. The van der Waals surface area contributed by atoms with Crippen molar-refractivity contribution in [2.75, 3.05) is 13.2 Å². The average Bonchev–Trinajstić information content (AvgIpc) is 2.88. The monoisotopic (exact) mass is 425 g/mol. The Morgan fingerprint density at radius 3 is 2.37 bits per heavy atom. The number of hydrogen-bond acceptors (Lipinski definition) is 2. The standard InChI is InChI=1S/C22H20F5NO2/c1-12-17(28(11-22(12,26)27)21(29)18-8-9-30-18)10-13-4-2-5-14(19(13)24)15-6-3-7-16(23)20(15)25/h2-7,12,17-18H,8-11H2,1H3/t12-,17+,18+/m1/s1. The zero-order chi connectivity index (χ0) is 21.6. The van der Waals surface area contributed by atoms with Gasteiger partial charge in [-0.2, -0.15) is 0 Å². The summed E-state index contributed by atoms with van der Waals surface area (Å²) < 4.78 is 76.9.